The Kier molecular flexibility index (Phi) is 3.52. The van der Waals surface area contributed by atoms with Crippen molar-refractivity contribution in [3.8, 4) is 0 Å². The van der Waals surface area contributed by atoms with Gasteiger partial charge in [-0.1, -0.05) is 29.8 Å². The number of nitrogens with zero attached hydrogens (tertiary/aromatic N) is 1. The number of carbonyl (C=O) groups is 1. The number of benzene rings is 1. The predicted molar refractivity (Wildman–Crippen MR) is 67.2 cm³/mol. The van der Waals surface area contributed by atoms with Crippen molar-refractivity contribution in [2.75, 3.05) is 0 Å². The summed E-state index contributed by atoms with van der Waals surface area (Å²) in [4.78, 5) is 29.2. The third-order valence-electron chi connectivity index (χ3n) is 2.54. The maximum Gasteiger partial charge on any atom is 0.263 e. The van der Waals surface area contributed by atoms with E-state index in [0.717, 1.165) is 11.1 Å². The van der Waals surface area contributed by atoms with Gasteiger partial charge in [0.05, 0.1) is 6.33 Å². The summed E-state index contributed by atoms with van der Waals surface area (Å²) in [5.41, 5.74) is 1.72. The van der Waals surface area contributed by atoms with Crippen LogP contribution in [0.5, 0.6) is 0 Å². The fourth-order valence-corrected chi connectivity index (χ4v) is 1.49. The molecule has 2 rings (SSSR count). The number of hydrogen-bond donors (Lipinski definition) is 2. The van der Waals surface area contributed by atoms with Crippen LogP contribution in [0, 0.1) is 6.92 Å². The second-order valence-electron chi connectivity index (χ2n) is 3.96. The van der Waals surface area contributed by atoms with Gasteiger partial charge in [0.25, 0.3) is 11.5 Å². The molecule has 92 valence electrons. The second kappa shape index (κ2) is 5.27. The predicted octanol–water partition coefficient (Wildman–Crippen LogP) is 1.01. The van der Waals surface area contributed by atoms with E-state index in [-0.39, 0.29) is 5.56 Å². The molecule has 2 aromatic rings. The second-order valence-corrected chi connectivity index (χ2v) is 3.96. The molecule has 18 heavy (non-hydrogen) atoms. The molecular weight excluding hydrogens is 230 g/mol. The fourth-order valence-electron chi connectivity index (χ4n) is 1.49. The summed E-state index contributed by atoms with van der Waals surface area (Å²) < 4.78 is 0. The summed E-state index contributed by atoms with van der Waals surface area (Å²) in [6, 6.07) is 7.81. The van der Waals surface area contributed by atoms with E-state index in [2.05, 4.69) is 15.3 Å². The number of amides is 1. The molecule has 0 fully saturated rings. The first kappa shape index (κ1) is 12.0. The molecule has 1 aromatic heterocycles. The molecule has 0 aliphatic heterocycles. The monoisotopic (exact) mass is 243 g/mol. The standard InChI is InChI=1S/C13H13N3O2/c1-9-2-4-10(5-3-9)6-15-12(17)11-7-14-8-16-13(11)18/h2-5,7-8H,6H2,1H3,(H,15,17)(H,14,16,18). The molecule has 1 heterocycles. The van der Waals surface area contributed by atoms with Crippen molar-refractivity contribution >= 4 is 5.91 Å². The number of carbonyl (C=O) groups excluding carboxylic acids is 1. The smallest absolute Gasteiger partial charge is 0.263 e. The molecule has 0 saturated carbocycles. The molecule has 2 N–H and O–H groups in total. The van der Waals surface area contributed by atoms with Crippen LogP contribution in [0.4, 0.5) is 0 Å². The van der Waals surface area contributed by atoms with Gasteiger partial charge in [-0.3, -0.25) is 9.59 Å². The molecule has 5 nitrogen and oxygen atoms in total. The van der Waals surface area contributed by atoms with E-state index >= 15 is 0 Å². The third-order valence-corrected chi connectivity index (χ3v) is 2.54. The summed E-state index contributed by atoms with van der Waals surface area (Å²) in [6.07, 6.45) is 2.50. The van der Waals surface area contributed by atoms with Crippen molar-refractivity contribution in [3.63, 3.8) is 0 Å². The molecule has 0 aliphatic rings. The normalized spacial score (nSPS) is 10.1. The number of hydrogen-bond acceptors (Lipinski definition) is 3. The lowest BCUT2D eigenvalue weighted by Crippen LogP contribution is -2.29. The van der Waals surface area contributed by atoms with Crippen molar-refractivity contribution < 1.29 is 4.79 Å². The van der Waals surface area contributed by atoms with E-state index in [1.807, 2.05) is 31.2 Å². The van der Waals surface area contributed by atoms with Crippen LogP contribution < -0.4 is 10.9 Å². The quantitative estimate of drug-likeness (QED) is 0.844. The lowest BCUT2D eigenvalue weighted by atomic mass is 10.1. The van der Waals surface area contributed by atoms with E-state index in [4.69, 9.17) is 0 Å². The lowest BCUT2D eigenvalue weighted by molar-refractivity contribution is 0.0949. The lowest BCUT2D eigenvalue weighted by Gasteiger charge is -2.04. The number of nitrogens with one attached hydrogen (secondary N) is 2. The van der Waals surface area contributed by atoms with Gasteiger partial charge in [0.1, 0.15) is 5.56 Å². The molecule has 0 saturated heterocycles. The zero-order chi connectivity index (χ0) is 13.0. The first-order valence-electron chi connectivity index (χ1n) is 5.53. The summed E-state index contributed by atoms with van der Waals surface area (Å²) in [6.45, 7) is 2.38. The van der Waals surface area contributed by atoms with Crippen LogP contribution in [0.15, 0.2) is 41.6 Å². The average molecular weight is 243 g/mol. The number of aromatic amines is 1. The van der Waals surface area contributed by atoms with Crippen molar-refractivity contribution in [2.45, 2.75) is 13.5 Å². The Labute approximate surface area is 104 Å². The molecule has 1 aromatic carbocycles. The molecule has 1 amide bonds. The topological polar surface area (TPSA) is 74.8 Å². The van der Waals surface area contributed by atoms with E-state index in [1.165, 1.54) is 12.5 Å². The van der Waals surface area contributed by atoms with Gasteiger partial charge in [0.2, 0.25) is 0 Å². The molecule has 0 bridgehead atoms. The highest BCUT2D eigenvalue weighted by Crippen LogP contribution is 2.02. The van der Waals surface area contributed by atoms with Gasteiger partial charge in [0.15, 0.2) is 0 Å². The van der Waals surface area contributed by atoms with Crippen LogP contribution in [-0.4, -0.2) is 15.9 Å². The average Bonchev–Trinajstić information content (AvgIpc) is 2.38. The summed E-state index contributed by atoms with van der Waals surface area (Å²) >= 11 is 0. The summed E-state index contributed by atoms with van der Waals surface area (Å²) in [5, 5.41) is 2.68. The number of aryl methyl sites for hydroxylation is 1. The Morgan fingerprint density at radius 3 is 2.72 bits per heavy atom. The van der Waals surface area contributed by atoms with Gasteiger partial charge in [-0.25, -0.2) is 4.98 Å². The molecule has 0 unspecified atom stereocenters. The summed E-state index contributed by atoms with van der Waals surface area (Å²) in [5.74, 6) is -0.426. The van der Waals surface area contributed by atoms with Crippen molar-refractivity contribution in [3.05, 3.63) is 63.8 Å². The van der Waals surface area contributed by atoms with E-state index < -0.39 is 11.5 Å². The maximum atomic E-state index is 11.7. The van der Waals surface area contributed by atoms with Crippen LogP contribution in [0.2, 0.25) is 0 Å². The van der Waals surface area contributed by atoms with E-state index in [1.54, 1.807) is 0 Å². The van der Waals surface area contributed by atoms with Crippen LogP contribution in [-0.2, 0) is 6.54 Å². The van der Waals surface area contributed by atoms with Crippen molar-refractivity contribution in [2.24, 2.45) is 0 Å². The zero-order valence-corrected chi connectivity index (χ0v) is 9.93. The largest absolute Gasteiger partial charge is 0.348 e. The van der Waals surface area contributed by atoms with Crippen LogP contribution in [0.1, 0.15) is 21.5 Å². The minimum absolute atomic E-state index is 0.0182. The Balaban J connectivity index is 2.03. The highest BCUT2D eigenvalue weighted by atomic mass is 16.2. The van der Waals surface area contributed by atoms with E-state index in [0.29, 0.717) is 6.54 Å². The zero-order valence-electron chi connectivity index (χ0n) is 9.93. The Hall–Kier alpha value is -2.43. The van der Waals surface area contributed by atoms with Crippen LogP contribution in [0.3, 0.4) is 0 Å². The Morgan fingerprint density at radius 2 is 2.06 bits per heavy atom. The SMILES string of the molecule is Cc1ccc(CNC(=O)c2cnc[nH]c2=O)cc1. The molecule has 0 spiro atoms. The number of H-pyrrole nitrogens is 1. The van der Waals surface area contributed by atoms with Crippen LogP contribution in [0.25, 0.3) is 0 Å². The first-order valence-corrected chi connectivity index (χ1v) is 5.53. The van der Waals surface area contributed by atoms with Crippen molar-refractivity contribution in [1.82, 2.24) is 15.3 Å². The van der Waals surface area contributed by atoms with Gasteiger partial charge >= 0.3 is 0 Å². The van der Waals surface area contributed by atoms with Gasteiger partial charge in [-0.15, -0.1) is 0 Å². The third kappa shape index (κ3) is 2.82. The molecule has 0 atom stereocenters. The van der Waals surface area contributed by atoms with Gasteiger partial charge in [-0.2, -0.15) is 0 Å². The van der Waals surface area contributed by atoms with Gasteiger partial charge in [-0.05, 0) is 12.5 Å². The fraction of sp³-hybridized carbons (Fsp3) is 0.154. The highest BCUT2D eigenvalue weighted by Gasteiger charge is 2.09. The molecule has 5 heteroatoms. The van der Waals surface area contributed by atoms with Crippen molar-refractivity contribution in [1.29, 1.82) is 0 Å². The number of rotatable bonds is 3. The molecule has 0 aliphatic carbocycles. The number of aromatic nitrogens is 2. The van der Waals surface area contributed by atoms with Gasteiger partial charge in [0, 0.05) is 12.7 Å². The summed E-state index contributed by atoms with van der Waals surface area (Å²) in [7, 11) is 0. The maximum absolute atomic E-state index is 11.7. The minimum atomic E-state index is -0.439. The Bertz CT molecular complexity index is 602. The molecular formula is C13H13N3O2. The minimum Gasteiger partial charge on any atom is -0.348 e. The van der Waals surface area contributed by atoms with Crippen LogP contribution >= 0.6 is 0 Å². The van der Waals surface area contributed by atoms with E-state index in [9.17, 15) is 9.59 Å². The molecule has 0 radical (unpaired) electrons. The first-order chi connectivity index (χ1) is 8.66. The van der Waals surface area contributed by atoms with Gasteiger partial charge < -0.3 is 10.3 Å². The Morgan fingerprint density at radius 1 is 1.33 bits per heavy atom. The highest BCUT2D eigenvalue weighted by molar-refractivity contribution is 5.93.